The number of ether oxygens (including phenoxy) is 2. The van der Waals surface area contributed by atoms with Gasteiger partial charge in [0, 0.05) is 34.3 Å². The van der Waals surface area contributed by atoms with Gasteiger partial charge in [0.15, 0.2) is 16.9 Å². The SMILES string of the molecule is COc1ccc(-c2c3ccc(=[NH2+])cc-3oc3cc(N)ccc23)cc1OC. The summed E-state index contributed by atoms with van der Waals surface area (Å²) in [5.74, 6) is 2.05. The lowest BCUT2D eigenvalue weighted by Gasteiger charge is -2.16. The number of methoxy groups -OCH3 is 2. The number of fused-ring (bicyclic) bond motifs is 2. The quantitative estimate of drug-likeness (QED) is 0.440. The highest BCUT2D eigenvalue weighted by Crippen LogP contribution is 2.42. The van der Waals surface area contributed by atoms with Crippen LogP contribution in [0.1, 0.15) is 0 Å². The van der Waals surface area contributed by atoms with Crippen LogP contribution >= 0.6 is 0 Å². The van der Waals surface area contributed by atoms with Crippen LogP contribution in [0.25, 0.3) is 33.4 Å². The minimum atomic E-state index is 0.641. The molecule has 1 heterocycles. The minimum Gasteiger partial charge on any atom is -0.493 e. The molecule has 5 heteroatoms. The summed E-state index contributed by atoms with van der Waals surface area (Å²) in [6, 6.07) is 17.2. The van der Waals surface area contributed by atoms with E-state index in [0.29, 0.717) is 33.9 Å². The van der Waals surface area contributed by atoms with Crippen molar-refractivity contribution in [3.63, 3.8) is 0 Å². The first-order valence-corrected chi connectivity index (χ1v) is 8.17. The number of hydrogen-bond donors (Lipinski definition) is 2. The number of benzene rings is 3. The van der Waals surface area contributed by atoms with Gasteiger partial charge in [-0.05, 0) is 35.9 Å². The zero-order valence-electron chi connectivity index (χ0n) is 14.6. The number of nitrogen functional groups attached to an aromatic ring is 1. The van der Waals surface area contributed by atoms with E-state index in [4.69, 9.17) is 25.0 Å². The van der Waals surface area contributed by atoms with Crippen LogP contribution in [0, 0.1) is 0 Å². The Kier molecular flexibility index (Phi) is 3.77. The summed E-state index contributed by atoms with van der Waals surface area (Å²) < 4.78 is 16.9. The molecule has 0 bridgehead atoms. The fourth-order valence-electron chi connectivity index (χ4n) is 3.23. The summed E-state index contributed by atoms with van der Waals surface area (Å²) in [6.07, 6.45) is 0. The summed E-state index contributed by atoms with van der Waals surface area (Å²) in [4.78, 5) is 0. The Labute approximate surface area is 150 Å². The van der Waals surface area contributed by atoms with Gasteiger partial charge in [-0.2, -0.15) is 0 Å². The topological polar surface area (TPSA) is 83.2 Å². The second kappa shape index (κ2) is 6.11. The summed E-state index contributed by atoms with van der Waals surface area (Å²) in [5.41, 5.74) is 10.3. The Bertz CT molecular complexity index is 1150. The molecule has 2 aromatic carbocycles. The van der Waals surface area contributed by atoms with Gasteiger partial charge in [-0.1, -0.05) is 6.07 Å². The molecule has 0 saturated carbocycles. The zero-order chi connectivity index (χ0) is 18.3. The highest BCUT2D eigenvalue weighted by atomic mass is 16.5. The van der Waals surface area contributed by atoms with E-state index in [1.165, 1.54) is 0 Å². The molecule has 5 nitrogen and oxygen atoms in total. The van der Waals surface area contributed by atoms with Gasteiger partial charge in [0.05, 0.1) is 20.3 Å². The molecule has 2 aromatic rings. The lowest BCUT2D eigenvalue weighted by atomic mass is 9.93. The van der Waals surface area contributed by atoms with E-state index in [0.717, 1.165) is 22.1 Å². The second-order valence-corrected chi connectivity index (χ2v) is 6.06. The Morgan fingerprint density at radius 1 is 0.885 bits per heavy atom. The maximum Gasteiger partial charge on any atom is 0.200 e. The number of nitrogens with two attached hydrogens (primary N) is 2. The number of hydrogen-bond acceptors (Lipinski definition) is 4. The molecule has 26 heavy (non-hydrogen) atoms. The third-order valence-corrected chi connectivity index (χ3v) is 4.44. The Balaban J connectivity index is 2.11. The van der Waals surface area contributed by atoms with Gasteiger partial charge in [-0.25, -0.2) is 0 Å². The first-order valence-electron chi connectivity index (χ1n) is 8.17. The van der Waals surface area contributed by atoms with Gasteiger partial charge in [-0.15, -0.1) is 0 Å². The van der Waals surface area contributed by atoms with Crippen molar-refractivity contribution >= 4 is 16.7 Å². The third kappa shape index (κ3) is 2.54. The molecule has 0 amide bonds. The van der Waals surface area contributed by atoms with Gasteiger partial charge in [0.25, 0.3) is 0 Å². The van der Waals surface area contributed by atoms with Crippen LogP contribution in [0.5, 0.6) is 11.5 Å². The smallest absolute Gasteiger partial charge is 0.200 e. The molecular weight excluding hydrogens is 328 g/mol. The first kappa shape index (κ1) is 16.0. The average Bonchev–Trinajstić information content (AvgIpc) is 2.65. The summed E-state index contributed by atoms with van der Waals surface area (Å²) >= 11 is 0. The van der Waals surface area contributed by atoms with E-state index in [2.05, 4.69) is 0 Å². The normalized spacial score (nSPS) is 11.0. The maximum absolute atomic E-state index is 6.06. The Hall–Kier alpha value is -3.47. The van der Waals surface area contributed by atoms with Crippen LogP contribution < -0.4 is 26.0 Å². The molecule has 1 aliphatic carbocycles. The first-order chi connectivity index (χ1) is 12.6. The van der Waals surface area contributed by atoms with Crippen LogP contribution in [0.3, 0.4) is 0 Å². The molecule has 0 radical (unpaired) electrons. The van der Waals surface area contributed by atoms with Gasteiger partial charge in [0.2, 0.25) is 0 Å². The van der Waals surface area contributed by atoms with Crippen LogP contribution in [-0.2, 0) is 0 Å². The van der Waals surface area contributed by atoms with Crippen molar-refractivity contribution in [3.05, 3.63) is 60.0 Å². The van der Waals surface area contributed by atoms with E-state index >= 15 is 0 Å². The third-order valence-electron chi connectivity index (χ3n) is 4.44. The lowest BCUT2D eigenvalue weighted by Crippen LogP contribution is -2.44. The molecule has 0 fully saturated rings. The summed E-state index contributed by atoms with van der Waals surface area (Å²) in [7, 11) is 3.24. The van der Waals surface area contributed by atoms with Crippen LogP contribution in [0.15, 0.2) is 59.0 Å². The number of anilines is 1. The molecule has 0 unspecified atom stereocenters. The van der Waals surface area contributed by atoms with Crippen molar-refractivity contribution in [2.75, 3.05) is 20.0 Å². The van der Waals surface area contributed by atoms with Gasteiger partial charge < -0.3 is 19.6 Å². The Morgan fingerprint density at radius 3 is 2.46 bits per heavy atom. The highest BCUT2D eigenvalue weighted by Gasteiger charge is 2.19. The van der Waals surface area contributed by atoms with E-state index in [1.54, 1.807) is 14.2 Å². The maximum atomic E-state index is 6.06. The predicted octanol–water partition coefficient (Wildman–Crippen LogP) is 2.46. The van der Waals surface area contributed by atoms with E-state index in [1.807, 2.05) is 54.6 Å². The zero-order valence-corrected chi connectivity index (χ0v) is 14.6. The van der Waals surface area contributed by atoms with E-state index in [-0.39, 0.29) is 0 Å². The molecule has 0 aromatic heterocycles. The monoisotopic (exact) mass is 347 g/mol. The standard InChI is InChI=1S/C21H18N2O3/c1-24-17-8-3-12(9-20(17)25-2)21-15-6-4-13(22)10-18(15)26-19-11-14(23)5-7-16(19)21/h3-11,22H,23H2,1-2H3/p+1. The summed E-state index contributed by atoms with van der Waals surface area (Å²) in [6.45, 7) is 0. The molecule has 4 rings (SSSR count). The molecule has 130 valence electrons. The molecular formula is C21H19N2O3+. The second-order valence-electron chi connectivity index (χ2n) is 6.06. The van der Waals surface area contributed by atoms with E-state index < -0.39 is 0 Å². The fourth-order valence-corrected chi connectivity index (χ4v) is 3.23. The van der Waals surface area contributed by atoms with Crippen LogP contribution in [0.2, 0.25) is 0 Å². The van der Waals surface area contributed by atoms with Crippen molar-refractivity contribution < 1.29 is 19.3 Å². The van der Waals surface area contributed by atoms with E-state index in [9.17, 15) is 0 Å². The molecule has 0 saturated heterocycles. The fraction of sp³-hybridized carbons (Fsp3) is 0.0952. The van der Waals surface area contributed by atoms with Crippen molar-refractivity contribution in [1.82, 2.24) is 0 Å². The van der Waals surface area contributed by atoms with Crippen LogP contribution in [0.4, 0.5) is 5.69 Å². The molecule has 0 spiro atoms. The lowest BCUT2D eigenvalue weighted by molar-refractivity contribution is -0.172. The van der Waals surface area contributed by atoms with Crippen molar-refractivity contribution in [2.24, 2.45) is 0 Å². The van der Waals surface area contributed by atoms with Gasteiger partial charge in [-0.3, -0.25) is 5.41 Å². The number of rotatable bonds is 3. The summed E-state index contributed by atoms with van der Waals surface area (Å²) in [5, 5.41) is 7.55. The van der Waals surface area contributed by atoms with Crippen molar-refractivity contribution in [3.8, 4) is 33.9 Å². The minimum absolute atomic E-state index is 0.641. The molecule has 2 aliphatic rings. The van der Waals surface area contributed by atoms with Crippen molar-refractivity contribution in [1.29, 1.82) is 0 Å². The van der Waals surface area contributed by atoms with Gasteiger partial charge >= 0.3 is 0 Å². The predicted molar refractivity (Wildman–Crippen MR) is 101 cm³/mol. The molecule has 0 atom stereocenters. The molecule has 4 N–H and O–H groups in total. The highest BCUT2D eigenvalue weighted by molar-refractivity contribution is 6.02. The average molecular weight is 347 g/mol. The molecule has 1 aliphatic heterocycles. The van der Waals surface area contributed by atoms with Crippen LogP contribution in [-0.4, -0.2) is 14.2 Å². The largest absolute Gasteiger partial charge is 0.493 e. The van der Waals surface area contributed by atoms with Gasteiger partial charge in [0.1, 0.15) is 11.3 Å². The van der Waals surface area contributed by atoms with Crippen molar-refractivity contribution in [2.45, 2.75) is 0 Å². The Morgan fingerprint density at radius 2 is 1.69 bits per heavy atom.